The van der Waals surface area contributed by atoms with E-state index in [1.54, 1.807) is 11.9 Å². The molecule has 0 aliphatic rings. The first-order valence-electron chi connectivity index (χ1n) is 3.55. The molecule has 1 aromatic carbocycles. The molecule has 0 aliphatic carbocycles. The molecular weight excluding hydrogens is 216 g/mol. The summed E-state index contributed by atoms with van der Waals surface area (Å²) >= 11 is 3.37. The van der Waals surface area contributed by atoms with Crippen LogP contribution in [0.15, 0.2) is 22.7 Å². The topological polar surface area (TPSA) is 27.0 Å². The zero-order valence-electron chi connectivity index (χ0n) is 7.00. The predicted octanol–water partition coefficient (Wildman–Crippen LogP) is 2.67. The number of hydrogen-bond donors (Lipinski definition) is 0. The number of benzene rings is 1. The summed E-state index contributed by atoms with van der Waals surface area (Å²) in [7, 11) is 1.75. The Morgan fingerprint density at radius 3 is 2.67 bits per heavy atom. The van der Waals surface area contributed by atoms with Gasteiger partial charge in [-0.2, -0.15) is 5.26 Å². The summed E-state index contributed by atoms with van der Waals surface area (Å²) < 4.78 is 1.04. The third-order valence-electron chi connectivity index (χ3n) is 1.67. The Bertz CT molecular complexity index is 328. The lowest BCUT2D eigenvalue weighted by Gasteiger charge is -2.11. The van der Waals surface area contributed by atoms with Crippen LogP contribution in [-0.4, -0.2) is 7.05 Å². The Morgan fingerprint density at radius 1 is 1.50 bits per heavy atom. The smallest absolute Gasteiger partial charge is 0.184 e. The molecule has 0 aliphatic heterocycles. The molecule has 0 radical (unpaired) electrons. The molecule has 1 rings (SSSR count). The Morgan fingerprint density at radius 2 is 2.17 bits per heavy atom. The van der Waals surface area contributed by atoms with E-state index in [9.17, 15) is 0 Å². The molecule has 0 amide bonds. The van der Waals surface area contributed by atoms with E-state index in [1.165, 1.54) is 0 Å². The van der Waals surface area contributed by atoms with Crippen molar-refractivity contribution in [2.45, 2.75) is 6.92 Å². The summed E-state index contributed by atoms with van der Waals surface area (Å²) in [5.41, 5.74) is 2.04. The Balaban J connectivity index is 3.11. The quantitative estimate of drug-likeness (QED) is 0.542. The number of halogens is 1. The van der Waals surface area contributed by atoms with Gasteiger partial charge in [-0.15, -0.1) is 0 Å². The molecule has 12 heavy (non-hydrogen) atoms. The lowest BCUT2D eigenvalue weighted by atomic mass is 10.2. The van der Waals surface area contributed by atoms with E-state index in [0.29, 0.717) is 0 Å². The zero-order chi connectivity index (χ0) is 9.14. The maximum atomic E-state index is 8.65. The maximum Gasteiger partial charge on any atom is 0.184 e. The van der Waals surface area contributed by atoms with E-state index in [4.69, 9.17) is 5.26 Å². The van der Waals surface area contributed by atoms with Crippen molar-refractivity contribution in [1.82, 2.24) is 0 Å². The normalized spacial score (nSPS) is 9.17. The van der Waals surface area contributed by atoms with Crippen molar-refractivity contribution in [3.05, 3.63) is 28.2 Å². The molecule has 62 valence electrons. The summed E-state index contributed by atoms with van der Waals surface area (Å²) in [6.07, 6.45) is 2.06. The minimum Gasteiger partial charge on any atom is -0.282 e. The molecule has 0 aromatic heterocycles. The van der Waals surface area contributed by atoms with Crippen molar-refractivity contribution in [2.24, 2.45) is 0 Å². The molecular formula is C9H9BrN2. The third-order valence-corrected chi connectivity index (χ3v) is 2.16. The minimum absolute atomic E-state index is 0.945. The number of nitriles is 1. The van der Waals surface area contributed by atoms with Crippen LogP contribution in [0.4, 0.5) is 5.69 Å². The monoisotopic (exact) mass is 224 g/mol. The minimum atomic E-state index is 0.945. The summed E-state index contributed by atoms with van der Waals surface area (Å²) in [5, 5.41) is 8.65. The fourth-order valence-corrected chi connectivity index (χ4v) is 1.52. The second-order valence-electron chi connectivity index (χ2n) is 2.59. The van der Waals surface area contributed by atoms with Crippen molar-refractivity contribution in [3.8, 4) is 6.19 Å². The summed E-state index contributed by atoms with van der Waals surface area (Å²) in [6, 6.07) is 5.84. The van der Waals surface area contributed by atoms with Gasteiger partial charge >= 0.3 is 0 Å². The van der Waals surface area contributed by atoms with Crippen molar-refractivity contribution in [3.63, 3.8) is 0 Å². The molecule has 0 saturated heterocycles. The average molecular weight is 225 g/mol. The fourth-order valence-electron chi connectivity index (χ4n) is 1.05. The van der Waals surface area contributed by atoms with Crippen LogP contribution in [0.25, 0.3) is 0 Å². The molecule has 1 aromatic rings. The number of aryl methyl sites for hydroxylation is 1. The molecule has 0 heterocycles. The number of rotatable bonds is 1. The van der Waals surface area contributed by atoms with E-state index < -0.39 is 0 Å². The van der Waals surface area contributed by atoms with Gasteiger partial charge in [-0.25, -0.2) is 0 Å². The highest BCUT2D eigenvalue weighted by atomic mass is 79.9. The first kappa shape index (κ1) is 9.08. The van der Waals surface area contributed by atoms with Crippen LogP contribution in [0.3, 0.4) is 0 Å². The van der Waals surface area contributed by atoms with Gasteiger partial charge in [0, 0.05) is 11.5 Å². The Labute approximate surface area is 80.5 Å². The highest BCUT2D eigenvalue weighted by Crippen LogP contribution is 2.22. The van der Waals surface area contributed by atoms with Gasteiger partial charge in [-0.05, 0) is 30.7 Å². The molecule has 0 atom stereocenters. The number of anilines is 1. The molecule has 0 saturated carbocycles. The van der Waals surface area contributed by atoms with Gasteiger partial charge in [-0.3, -0.25) is 4.90 Å². The average Bonchev–Trinajstić information content (AvgIpc) is 2.03. The van der Waals surface area contributed by atoms with Crippen molar-refractivity contribution in [2.75, 3.05) is 11.9 Å². The molecule has 0 bridgehead atoms. The van der Waals surface area contributed by atoms with E-state index >= 15 is 0 Å². The lowest BCUT2D eigenvalue weighted by molar-refractivity contribution is 1.18. The zero-order valence-corrected chi connectivity index (χ0v) is 8.59. The van der Waals surface area contributed by atoms with E-state index in [-0.39, 0.29) is 0 Å². The molecule has 0 N–H and O–H groups in total. The van der Waals surface area contributed by atoms with Crippen LogP contribution in [0.1, 0.15) is 5.56 Å². The van der Waals surface area contributed by atoms with Crippen molar-refractivity contribution in [1.29, 1.82) is 5.26 Å². The molecule has 2 nitrogen and oxygen atoms in total. The van der Waals surface area contributed by atoms with Gasteiger partial charge in [0.25, 0.3) is 0 Å². The van der Waals surface area contributed by atoms with Crippen LogP contribution in [0.5, 0.6) is 0 Å². The van der Waals surface area contributed by atoms with Crippen LogP contribution < -0.4 is 4.90 Å². The highest BCUT2D eigenvalue weighted by molar-refractivity contribution is 9.10. The van der Waals surface area contributed by atoms with Crippen molar-refractivity contribution >= 4 is 21.6 Å². The van der Waals surface area contributed by atoms with E-state index in [1.807, 2.05) is 25.1 Å². The summed E-state index contributed by atoms with van der Waals surface area (Å²) in [4.78, 5) is 1.54. The van der Waals surface area contributed by atoms with Crippen molar-refractivity contribution < 1.29 is 0 Å². The van der Waals surface area contributed by atoms with Crippen LogP contribution in [-0.2, 0) is 0 Å². The van der Waals surface area contributed by atoms with Crippen LogP contribution in [0.2, 0.25) is 0 Å². The number of nitrogens with zero attached hydrogens (tertiary/aromatic N) is 2. The van der Waals surface area contributed by atoms with Crippen LogP contribution >= 0.6 is 15.9 Å². The molecule has 0 spiro atoms. The highest BCUT2D eigenvalue weighted by Gasteiger charge is 2.02. The Kier molecular flexibility index (Phi) is 2.72. The van der Waals surface area contributed by atoms with Gasteiger partial charge in [0.2, 0.25) is 0 Å². The van der Waals surface area contributed by atoms with Gasteiger partial charge < -0.3 is 0 Å². The maximum absolute atomic E-state index is 8.65. The first-order valence-corrected chi connectivity index (χ1v) is 4.34. The van der Waals surface area contributed by atoms with Crippen LogP contribution in [0, 0.1) is 18.4 Å². The summed E-state index contributed by atoms with van der Waals surface area (Å²) in [5.74, 6) is 0. The molecule has 0 fully saturated rings. The largest absolute Gasteiger partial charge is 0.282 e. The predicted molar refractivity (Wildman–Crippen MR) is 52.9 cm³/mol. The van der Waals surface area contributed by atoms with Gasteiger partial charge in [-0.1, -0.05) is 15.9 Å². The lowest BCUT2D eigenvalue weighted by Crippen LogP contribution is -2.09. The molecule has 3 heteroatoms. The number of hydrogen-bond acceptors (Lipinski definition) is 2. The standard InChI is InChI=1S/C9H9BrN2/c1-7-5-8(10)3-4-9(7)12(2)6-11/h3-5H,1-2H3. The van der Waals surface area contributed by atoms with E-state index in [2.05, 4.69) is 22.1 Å². The second-order valence-corrected chi connectivity index (χ2v) is 3.51. The Hall–Kier alpha value is -1.01. The second kappa shape index (κ2) is 3.59. The molecule has 0 unspecified atom stereocenters. The third kappa shape index (κ3) is 1.77. The van der Waals surface area contributed by atoms with E-state index in [0.717, 1.165) is 15.7 Å². The van der Waals surface area contributed by atoms with Gasteiger partial charge in [0.05, 0.1) is 5.69 Å². The SMILES string of the molecule is Cc1cc(Br)ccc1N(C)C#N. The van der Waals surface area contributed by atoms with Gasteiger partial charge in [0.1, 0.15) is 0 Å². The summed E-state index contributed by atoms with van der Waals surface area (Å²) in [6.45, 7) is 1.98. The van der Waals surface area contributed by atoms with Gasteiger partial charge in [0.15, 0.2) is 6.19 Å². The fraction of sp³-hybridized carbons (Fsp3) is 0.222. The first-order chi connectivity index (χ1) is 5.65.